The first kappa shape index (κ1) is 22.7. The molecule has 13 heteroatoms. The monoisotopic (exact) mass is 493 g/mol. The molecule has 4 heterocycles. The molecule has 0 aromatic carbocycles. The summed E-state index contributed by atoms with van der Waals surface area (Å²) < 4.78 is 10.6. The normalized spacial score (nSPS) is 17.7. The zero-order valence-corrected chi connectivity index (χ0v) is 19.7. The van der Waals surface area contributed by atoms with Crippen molar-refractivity contribution in [3.8, 4) is 17.1 Å². The number of amides is 2. The third-order valence-corrected chi connectivity index (χ3v) is 6.56. The Labute approximate surface area is 204 Å². The standard InChI is InChI=1S/C22H23N9O3S/c1-34-18-8-12(6-7-24-18)17-9-15(19-20(23)25-11-26-31(17)19)21(32)27-13-2-4-14(5-3-13)28-22(33)16-10-35-30-29-16/h6-11,13-14H,2-5H2,1H3,(H,27,32)(H,28,33)(H2,23,25,26). The second-order valence-electron chi connectivity index (χ2n) is 8.22. The van der Waals surface area contributed by atoms with Crippen LogP contribution < -0.4 is 21.1 Å². The van der Waals surface area contributed by atoms with Crippen LogP contribution in [0, 0.1) is 0 Å². The van der Waals surface area contributed by atoms with Gasteiger partial charge in [-0.15, -0.1) is 5.10 Å². The summed E-state index contributed by atoms with van der Waals surface area (Å²) in [6.45, 7) is 0. The fourth-order valence-electron chi connectivity index (χ4n) is 4.30. The first-order valence-electron chi connectivity index (χ1n) is 11.0. The Balaban J connectivity index is 1.31. The number of methoxy groups -OCH3 is 1. The molecule has 35 heavy (non-hydrogen) atoms. The third-order valence-electron chi connectivity index (χ3n) is 6.06. The van der Waals surface area contributed by atoms with Gasteiger partial charge in [0.15, 0.2) is 11.5 Å². The van der Waals surface area contributed by atoms with Crippen molar-refractivity contribution in [1.82, 2.24) is 39.8 Å². The maximum atomic E-state index is 13.3. The SMILES string of the molecule is COc1cc(-c2cc(C(=O)NC3CCC(NC(=O)c4csnn4)CC3)c3c(N)ncnn23)ccn1. The van der Waals surface area contributed by atoms with E-state index >= 15 is 0 Å². The average Bonchev–Trinajstić information content (AvgIpc) is 3.55. The van der Waals surface area contributed by atoms with E-state index in [4.69, 9.17) is 10.5 Å². The van der Waals surface area contributed by atoms with Gasteiger partial charge in [0.1, 0.15) is 11.8 Å². The molecule has 1 aliphatic carbocycles. The zero-order valence-electron chi connectivity index (χ0n) is 18.8. The van der Waals surface area contributed by atoms with E-state index in [1.54, 1.807) is 28.2 Å². The van der Waals surface area contributed by atoms with E-state index < -0.39 is 0 Å². The summed E-state index contributed by atoms with van der Waals surface area (Å²) in [4.78, 5) is 33.7. The average molecular weight is 494 g/mol. The molecule has 4 aromatic rings. The molecule has 0 radical (unpaired) electrons. The highest BCUT2D eigenvalue weighted by Crippen LogP contribution is 2.29. The Hall–Kier alpha value is -4.13. The first-order valence-corrected chi connectivity index (χ1v) is 11.9. The minimum Gasteiger partial charge on any atom is -0.481 e. The molecule has 0 saturated heterocycles. The van der Waals surface area contributed by atoms with Crippen LogP contribution in [0.1, 0.15) is 46.5 Å². The number of aromatic nitrogens is 6. The van der Waals surface area contributed by atoms with E-state index in [-0.39, 0.29) is 29.7 Å². The number of hydrogen-bond acceptors (Lipinski definition) is 10. The number of nitrogens with one attached hydrogen (secondary N) is 2. The van der Waals surface area contributed by atoms with E-state index in [9.17, 15) is 9.59 Å². The second-order valence-corrected chi connectivity index (χ2v) is 8.83. The maximum absolute atomic E-state index is 13.3. The highest BCUT2D eigenvalue weighted by Gasteiger charge is 2.27. The molecule has 1 aliphatic rings. The van der Waals surface area contributed by atoms with E-state index in [1.807, 2.05) is 6.07 Å². The van der Waals surface area contributed by atoms with Gasteiger partial charge in [-0.05, 0) is 49.3 Å². The van der Waals surface area contributed by atoms with Crippen molar-refractivity contribution in [2.45, 2.75) is 37.8 Å². The Bertz CT molecular complexity index is 1360. The minimum absolute atomic E-state index is 0.0261. The lowest BCUT2D eigenvalue weighted by molar-refractivity contribution is 0.0890. The van der Waals surface area contributed by atoms with Crippen LogP contribution >= 0.6 is 11.5 Å². The van der Waals surface area contributed by atoms with Crippen molar-refractivity contribution in [3.63, 3.8) is 0 Å². The molecule has 12 nitrogen and oxygen atoms in total. The van der Waals surface area contributed by atoms with Crippen molar-refractivity contribution >= 4 is 34.7 Å². The number of hydrogen-bond donors (Lipinski definition) is 3. The van der Waals surface area contributed by atoms with Gasteiger partial charge < -0.3 is 21.1 Å². The van der Waals surface area contributed by atoms with Gasteiger partial charge in [0.25, 0.3) is 11.8 Å². The fourth-order valence-corrected chi connectivity index (χ4v) is 4.73. The molecule has 0 aliphatic heterocycles. The van der Waals surface area contributed by atoms with Gasteiger partial charge in [0.05, 0.1) is 18.4 Å². The predicted molar refractivity (Wildman–Crippen MR) is 128 cm³/mol. The lowest BCUT2D eigenvalue weighted by Crippen LogP contribution is -2.43. The summed E-state index contributed by atoms with van der Waals surface area (Å²) in [5.74, 6) is 0.181. The summed E-state index contributed by atoms with van der Waals surface area (Å²) in [6, 6.07) is 5.32. The molecule has 1 fully saturated rings. The number of rotatable bonds is 6. The number of nitrogens with zero attached hydrogens (tertiary/aromatic N) is 6. The van der Waals surface area contributed by atoms with Crippen molar-refractivity contribution in [2.75, 3.05) is 12.8 Å². The van der Waals surface area contributed by atoms with Gasteiger partial charge >= 0.3 is 0 Å². The molecule has 180 valence electrons. The summed E-state index contributed by atoms with van der Waals surface area (Å²) in [7, 11) is 1.54. The van der Waals surface area contributed by atoms with Gasteiger partial charge in [0, 0.05) is 35.3 Å². The van der Waals surface area contributed by atoms with Crippen LogP contribution in [0.15, 0.2) is 36.1 Å². The second kappa shape index (κ2) is 9.62. The molecule has 5 rings (SSSR count). The number of nitrogen functional groups attached to an aromatic ring is 1. The smallest absolute Gasteiger partial charge is 0.272 e. The quantitative estimate of drug-likeness (QED) is 0.363. The number of ether oxygens (including phenoxy) is 1. The van der Waals surface area contributed by atoms with E-state index in [0.29, 0.717) is 28.3 Å². The van der Waals surface area contributed by atoms with Gasteiger partial charge in [-0.1, -0.05) is 4.49 Å². The molecule has 4 N–H and O–H groups in total. The zero-order chi connectivity index (χ0) is 24.4. The lowest BCUT2D eigenvalue weighted by Gasteiger charge is -2.29. The van der Waals surface area contributed by atoms with Gasteiger partial charge in [-0.3, -0.25) is 9.59 Å². The number of anilines is 1. The van der Waals surface area contributed by atoms with Crippen LogP contribution in [0.25, 0.3) is 16.8 Å². The Morgan fingerprint density at radius 1 is 1.11 bits per heavy atom. The highest BCUT2D eigenvalue weighted by molar-refractivity contribution is 7.03. The highest BCUT2D eigenvalue weighted by atomic mass is 32.1. The molecule has 0 bridgehead atoms. The Morgan fingerprint density at radius 3 is 2.54 bits per heavy atom. The number of carbonyl (C=O) groups excluding carboxylic acids is 2. The van der Waals surface area contributed by atoms with Crippen LogP contribution in [0.5, 0.6) is 5.88 Å². The molecule has 0 atom stereocenters. The van der Waals surface area contributed by atoms with Crippen molar-refractivity contribution in [3.05, 3.63) is 47.4 Å². The molecule has 0 spiro atoms. The number of carbonyl (C=O) groups is 2. The van der Waals surface area contributed by atoms with Crippen LogP contribution in [-0.4, -0.2) is 60.2 Å². The van der Waals surface area contributed by atoms with Crippen LogP contribution in [0.2, 0.25) is 0 Å². The summed E-state index contributed by atoms with van der Waals surface area (Å²) in [5.41, 5.74) is 8.74. The van der Waals surface area contributed by atoms with Crippen molar-refractivity contribution < 1.29 is 14.3 Å². The topological polar surface area (TPSA) is 162 Å². The van der Waals surface area contributed by atoms with Gasteiger partial charge in [-0.2, -0.15) is 5.10 Å². The fraction of sp³-hybridized carbons (Fsp3) is 0.318. The van der Waals surface area contributed by atoms with E-state index in [2.05, 4.69) is 35.3 Å². The van der Waals surface area contributed by atoms with Crippen molar-refractivity contribution in [2.24, 2.45) is 0 Å². The lowest BCUT2D eigenvalue weighted by atomic mass is 9.91. The summed E-state index contributed by atoms with van der Waals surface area (Å²) >= 11 is 1.14. The first-order chi connectivity index (χ1) is 17.0. The molecule has 4 aromatic heterocycles. The Kier molecular flexibility index (Phi) is 6.23. The minimum atomic E-state index is -0.252. The molecular formula is C22H23N9O3S. The van der Waals surface area contributed by atoms with E-state index in [1.165, 1.54) is 13.4 Å². The number of nitrogens with two attached hydrogens (primary N) is 1. The van der Waals surface area contributed by atoms with Crippen LogP contribution in [-0.2, 0) is 0 Å². The molecule has 0 unspecified atom stereocenters. The third kappa shape index (κ3) is 4.62. The summed E-state index contributed by atoms with van der Waals surface area (Å²) in [5, 5.41) is 15.8. The maximum Gasteiger partial charge on any atom is 0.272 e. The molecule has 2 amide bonds. The van der Waals surface area contributed by atoms with Crippen LogP contribution in [0.3, 0.4) is 0 Å². The predicted octanol–water partition coefficient (Wildman–Crippen LogP) is 1.70. The van der Waals surface area contributed by atoms with E-state index in [0.717, 1.165) is 42.8 Å². The number of fused-ring (bicyclic) bond motifs is 1. The van der Waals surface area contributed by atoms with Crippen molar-refractivity contribution in [1.29, 1.82) is 0 Å². The molecule has 1 saturated carbocycles. The van der Waals surface area contributed by atoms with Gasteiger partial charge in [0.2, 0.25) is 5.88 Å². The largest absolute Gasteiger partial charge is 0.481 e. The summed E-state index contributed by atoms with van der Waals surface area (Å²) in [6.07, 6.45) is 5.94. The molecular weight excluding hydrogens is 470 g/mol. The number of pyridine rings is 1. The van der Waals surface area contributed by atoms with Crippen LogP contribution in [0.4, 0.5) is 5.82 Å². The Morgan fingerprint density at radius 2 is 1.86 bits per heavy atom. The van der Waals surface area contributed by atoms with Gasteiger partial charge in [-0.25, -0.2) is 14.5 Å².